The molecule has 1 N–H and O–H groups in total. The third-order valence-electron chi connectivity index (χ3n) is 6.60. The van der Waals surface area contributed by atoms with Crippen LogP contribution in [0.4, 0.5) is 4.79 Å². The molecule has 2 aliphatic heterocycles. The second kappa shape index (κ2) is 10.6. The molecule has 4 rings (SSSR count). The fourth-order valence-electron chi connectivity index (χ4n) is 4.69. The van der Waals surface area contributed by atoms with Crippen LogP contribution < -0.4 is 10.1 Å². The molecule has 2 heterocycles. The van der Waals surface area contributed by atoms with E-state index in [4.69, 9.17) is 9.47 Å². The maximum absolute atomic E-state index is 12.3. The molecule has 1 unspecified atom stereocenters. The van der Waals surface area contributed by atoms with E-state index in [9.17, 15) is 4.79 Å². The van der Waals surface area contributed by atoms with Gasteiger partial charge in [-0.25, -0.2) is 4.79 Å². The number of piperidine rings is 2. The second-order valence-electron chi connectivity index (χ2n) is 10.4. The SMILES string of the molecule is CC(C)(C)OC(=O)N1CCC(c2ccc(-c3ccc(OCC4CCCNC4)cc3)cc2)CC1. The summed E-state index contributed by atoms with van der Waals surface area (Å²) >= 11 is 0. The average Bonchev–Trinajstić information content (AvgIpc) is 2.83. The quantitative estimate of drug-likeness (QED) is 0.621. The zero-order chi connectivity index (χ0) is 23.3. The molecule has 0 spiro atoms. The lowest BCUT2D eigenvalue weighted by molar-refractivity contribution is 0.0205. The van der Waals surface area contributed by atoms with Crippen molar-refractivity contribution in [3.05, 3.63) is 54.1 Å². The number of nitrogens with zero attached hydrogens (tertiary/aromatic N) is 1. The fraction of sp³-hybridized carbons (Fsp3) is 0.536. The first kappa shape index (κ1) is 23.6. The van der Waals surface area contributed by atoms with E-state index >= 15 is 0 Å². The number of ether oxygens (including phenoxy) is 2. The maximum atomic E-state index is 12.3. The lowest BCUT2D eigenvalue weighted by Gasteiger charge is -2.33. The highest BCUT2D eigenvalue weighted by atomic mass is 16.6. The molecule has 5 nitrogen and oxygen atoms in total. The maximum Gasteiger partial charge on any atom is 0.410 e. The summed E-state index contributed by atoms with van der Waals surface area (Å²) in [5.74, 6) is 2.04. The van der Waals surface area contributed by atoms with Gasteiger partial charge in [-0.2, -0.15) is 0 Å². The van der Waals surface area contributed by atoms with Gasteiger partial charge in [0.1, 0.15) is 11.4 Å². The largest absolute Gasteiger partial charge is 0.493 e. The molecule has 5 heteroatoms. The van der Waals surface area contributed by atoms with Crippen molar-refractivity contribution in [2.24, 2.45) is 5.92 Å². The van der Waals surface area contributed by atoms with Gasteiger partial charge in [-0.05, 0) is 87.7 Å². The minimum Gasteiger partial charge on any atom is -0.493 e. The predicted molar refractivity (Wildman–Crippen MR) is 133 cm³/mol. The van der Waals surface area contributed by atoms with Crippen LogP contribution in [-0.4, -0.2) is 49.4 Å². The first-order valence-corrected chi connectivity index (χ1v) is 12.4. The van der Waals surface area contributed by atoms with Crippen molar-refractivity contribution in [1.82, 2.24) is 10.2 Å². The van der Waals surface area contributed by atoms with Crippen LogP contribution in [0.2, 0.25) is 0 Å². The Morgan fingerprint density at radius 3 is 2.18 bits per heavy atom. The number of nitrogens with one attached hydrogen (secondary N) is 1. The Bertz CT molecular complexity index is 888. The summed E-state index contributed by atoms with van der Waals surface area (Å²) in [6.45, 7) is 10.2. The number of rotatable bonds is 5. The molecule has 1 atom stereocenters. The Hall–Kier alpha value is -2.53. The van der Waals surface area contributed by atoms with Crippen LogP contribution in [0.25, 0.3) is 11.1 Å². The summed E-state index contributed by atoms with van der Waals surface area (Å²) in [6, 6.07) is 17.3. The molecular weight excluding hydrogens is 412 g/mol. The molecule has 0 aliphatic carbocycles. The third kappa shape index (κ3) is 6.73. The van der Waals surface area contributed by atoms with Gasteiger partial charge in [-0.15, -0.1) is 0 Å². The van der Waals surface area contributed by atoms with E-state index in [1.807, 2.05) is 25.7 Å². The molecule has 0 bridgehead atoms. The van der Waals surface area contributed by atoms with Crippen molar-refractivity contribution in [3.63, 3.8) is 0 Å². The number of benzene rings is 2. The van der Waals surface area contributed by atoms with Gasteiger partial charge in [0.05, 0.1) is 6.61 Å². The predicted octanol–water partition coefficient (Wildman–Crippen LogP) is 5.85. The molecule has 2 aliphatic rings. The number of amides is 1. The lowest BCUT2D eigenvalue weighted by Crippen LogP contribution is -2.41. The number of likely N-dealkylation sites (tertiary alicyclic amines) is 1. The molecule has 33 heavy (non-hydrogen) atoms. The standard InChI is InChI=1S/C28H38N2O3/c1-28(2,3)33-27(31)30-17-14-25(15-18-30)23-8-6-22(7-9-23)24-10-12-26(13-11-24)32-20-21-5-4-16-29-19-21/h6-13,21,25,29H,4-5,14-20H2,1-3H3. The second-order valence-corrected chi connectivity index (χ2v) is 10.4. The van der Waals surface area contributed by atoms with Gasteiger partial charge < -0.3 is 19.7 Å². The summed E-state index contributed by atoms with van der Waals surface area (Å²) in [4.78, 5) is 14.1. The molecule has 2 fully saturated rings. The summed E-state index contributed by atoms with van der Waals surface area (Å²) in [7, 11) is 0. The minimum atomic E-state index is -0.443. The van der Waals surface area contributed by atoms with Gasteiger partial charge in [-0.1, -0.05) is 36.4 Å². The van der Waals surface area contributed by atoms with Crippen LogP contribution in [0.3, 0.4) is 0 Å². The monoisotopic (exact) mass is 450 g/mol. The van der Waals surface area contributed by atoms with Crippen molar-refractivity contribution in [2.45, 2.75) is 58.0 Å². The number of carbonyl (C=O) groups excluding carboxylic acids is 1. The van der Waals surface area contributed by atoms with E-state index in [1.54, 1.807) is 0 Å². The van der Waals surface area contributed by atoms with Gasteiger partial charge in [0.2, 0.25) is 0 Å². The van der Waals surface area contributed by atoms with Gasteiger partial charge in [0.15, 0.2) is 0 Å². The van der Waals surface area contributed by atoms with E-state index in [-0.39, 0.29) is 6.09 Å². The summed E-state index contributed by atoms with van der Waals surface area (Å²) in [6.07, 6.45) is 4.24. The van der Waals surface area contributed by atoms with Crippen molar-refractivity contribution in [2.75, 3.05) is 32.8 Å². The Morgan fingerprint density at radius 1 is 0.970 bits per heavy atom. The molecular formula is C28H38N2O3. The molecule has 1 amide bonds. The Balaban J connectivity index is 1.28. The lowest BCUT2D eigenvalue weighted by atomic mass is 9.88. The van der Waals surface area contributed by atoms with Crippen molar-refractivity contribution in [3.8, 4) is 16.9 Å². The summed E-state index contributed by atoms with van der Waals surface area (Å²) < 4.78 is 11.5. The van der Waals surface area contributed by atoms with Crippen LogP contribution >= 0.6 is 0 Å². The van der Waals surface area contributed by atoms with Crippen LogP contribution in [-0.2, 0) is 4.74 Å². The van der Waals surface area contributed by atoms with Crippen molar-refractivity contribution < 1.29 is 14.3 Å². The highest BCUT2D eigenvalue weighted by Gasteiger charge is 2.27. The van der Waals surface area contributed by atoms with Gasteiger partial charge >= 0.3 is 6.09 Å². The number of carbonyl (C=O) groups is 1. The third-order valence-corrected chi connectivity index (χ3v) is 6.60. The Morgan fingerprint density at radius 2 is 1.61 bits per heavy atom. The highest BCUT2D eigenvalue weighted by Crippen LogP contribution is 2.31. The van der Waals surface area contributed by atoms with Gasteiger partial charge in [0, 0.05) is 25.6 Å². The number of hydrogen-bond acceptors (Lipinski definition) is 4. The van der Waals surface area contributed by atoms with Gasteiger partial charge in [-0.3, -0.25) is 0 Å². The van der Waals surface area contributed by atoms with E-state index in [1.165, 1.54) is 29.5 Å². The smallest absolute Gasteiger partial charge is 0.410 e. The molecule has 2 aromatic carbocycles. The molecule has 0 saturated carbocycles. The Labute approximate surface area is 198 Å². The zero-order valence-corrected chi connectivity index (χ0v) is 20.3. The molecule has 178 valence electrons. The first-order chi connectivity index (χ1) is 15.9. The van der Waals surface area contributed by atoms with E-state index < -0.39 is 5.60 Å². The molecule has 0 aromatic heterocycles. The van der Waals surface area contributed by atoms with Crippen LogP contribution in [0.5, 0.6) is 5.75 Å². The molecule has 2 aromatic rings. The summed E-state index contributed by atoms with van der Waals surface area (Å²) in [5.41, 5.74) is 3.32. The topological polar surface area (TPSA) is 50.8 Å². The normalized spacial score (nSPS) is 19.8. The fourth-order valence-corrected chi connectivity index (χ4v) is 4.69. The van der Waals surface area contributed by atoms with Crippen molar-refractivity contribution in [1.29, 1.82) is 0 Å². The molecule has 2 saturated heterocycles. The zero-order valence-electron chi connectivity index (χ0n) is 20.3. The average molecular weight is 451 g/mol. The van der Waals surface area contributed by atoms with Crippen LogP contribution in [0.1, 0.15) is 57.9 Å². The van der Waals surface area contributed by atoms with Crippen LogP contribution in [0.15, 0.2) is 48.5 Å². The summed E-state index contributed by atoms with van der Waals surface area (Å²) in [5, 5.41) is 3.44. The molecule has 0 radical (unpaired) electrons. The number of hydrogen-bond donors (Lipinski definition) is 1. The van der Waals surface area contributed by atoms with Gasteiger partial charge in [0.25, 0.3) is 0 Å². The first-order valence-electron chi connectivity index (χ1n) is 12.4. The van der Waals surface area contributed by atoms with Crippen LogP contribution in [0, 0.1) is 5.92 Å². The van der Waals surface area contributed by atoms with E-state index in [0.717, 1.165) is 51.4 Å². The van der Waals surface area contributed by atoms with E-state index in [2.05, 4.69) is 53.8 Å². The Kier molecular flexibility index (Phi) is 7.59. The minimum absolute atomic E-state index is 0.195. The van der Waals surface area contributed by atoms with Crippen molar-refractivity contribution >= 4 is 6.09 Å². The van der Waals surface area contributed by atoms with E-state index in [0.29, 0.717) is 11.8 Å². The highest BCUT2D eigenvalue weighted by molar-refractivity contribution is 5.68.